The fourth-order valence-electron chi connectivity index (χ4n) is 3.37. The fourth-order valence-corrected chi connectivity index (χ4v) is 3.81. The van der Waals surface area contributed by atoms with Gasteiger partial charge in [0.15, 0.2) is 0 Å². The molecule has 2 heterocycles. The Bertz CT molecular complexity index is 282. The standard InChI is InChI=1S/C15H28N2OS/c1-3-13-4-8-16(9-5-13)12-14-6-10-17(11-7-14)15(18)19-2/h13-14H,3-12H2,1-2H3. The molecule has 0 atom stereocenters. The van der Waals surface area contributed by atoms with Crippen molar-refractivity contribution < 1.29 is 4.79 Å². The molecule has 2 aliphatic heterocycles. The summed E-state index contributed by atoms with van der Waals surface area (Å²) in [5.41, 5.74) is 0. The minimum absolute atomic E-state index is 0.252. The monoisotopic (exact) mass is 284 g/mol. The van der Waals surface area contributed by atoms with Crippen LogP contribution in [0.3, 0.4) is 0 Å². The molecule has 3 nitrogen and oxygen atoms in total. The second-order valence-electron chi connectivity index (χ2n) is 6.05. The summed E-state index contributed by atoms with van der Waals surface area (Å²) >= 11 is 1.35. The van der Waals surface area contributed by atoms with Crippen molar-refractivity contribution in [2.24, 2.45) is 11.8 Å². The first-order chi connectivity index (χ1) is 9.22. The molecular formula is C15H28N2OS. The average molecular weight is 284 g/mol. The first kappa shape index (κ1) is 15.2. The predicted molar refractivity (Wildman–Crippen MR) is 82.7 cm³/mol. The minimum atomic E-state index is 0.252. The summed E-state index contributed by atoms with van der Waals surface area (Å²) in [7, 11) is 0. The van der Waals surface area contributed by atoms with E-state index in [1.807, 2.05) is 11.2 Å². The zero-order chi connectivity index (χ0) is 13.7. The van der Waals surface area contributed by atoms with Crippen LogP contribution in [0, 0.1) is 11.8 Å². The summed E-state index contributed by atoms with van der Waals surface area (Å²) in [5, 5.41) is 0.252. The summed E-state index contributed by atoms with van der Waals surface area (Å²) in [5.74, 6) is 1.78. The van der Waals surface area contributed by atoms with Crippen LogP contribution in [-0.2, 0) is 0 Å². The van der Waals surface area contributed by atoms with Gasteiger partial charge in [-0.05, 0) is 56.9 Å². The van der Waals surface area contributed by atoms with Gasteiger partial charge in [-0.2, -0.15) is 0 Å². The van der Waals surface area contributed by atoms with Crippen LogP contribution in [0.15, 0.2) is 0 Å². The van der Waals surface area contributed by atoms with Gasteiger partial charge in [0, 0.05) is 19.6 Å². The Morgan fingerprint density at radius 2 is 1.63 bits per heavy atom. The Morgan fingerprint density at radius 3 is 2.16 bits per heavy atom. The van der Waals surface area contributed by atoms with E-state index in [0.29, 0.717) is 0 Å². The lowest BCUT2D eigenvalue weighted by Gasteiger charge is -2.37. The van der Waals surface area contributed by atoms with Crippen LogP contribution in [0.5, 0.6) is 0 Å². The van der Waals surface area contributed by atoms with Crippen LogP contribution in [0.2, 0.25) is 0 Å². The molecule has 0 aromatic carbocycles. The number of likely N-dealkylation sites (tertiary alicyclic amines) is 2. The van der Waals surface area contributed by atoms with Gasteiger partial charge in [-0.1, -0.05) is 25.1 Å². The van der Waals surface area contributed by atoms with Crippen molar-refractivity contribution in [1.82, 2.24) is 9.80 Å². The molecule has 110 valence electrons. The smallest absolute Gasteiger partial charge is 0.281 e. The predicted octanol–water partition coefficient (Wildman–Crippen LogP) is 3.30. The van der Waals surface area contributed by atoms with Crippen LogP contribution in [-0.4, -0.2) is 54.0 Å². The molecule has 0 N–H and O–H groups in total. The number of hydrogen-bond donors (Lipinski definition) is 0. The van der Waals surface area contributed by atoms with Crippen LogP contribution >= 0.6 is 11.8 Å². The van der Waals surface area contributed by atoms with E-state index in [1.165, 1.54) is 63.5 Å². The third-order valence-electron chi connectivity index (χ3n) is 4.85. The molecule has 0 saturated carbocycles. The van der Waals surface area contributed by atoms with Gasteiger partial charge in [0.1, 0.15) is 0 Å². The van der Waals surface area contributed by atoms with E-state index in [0.717, 1.165) is 24.9 Å². The average Bonchev–Trinajstić information content (AvgIpc) is 2.48. The first-order valence-corrected chi connectivity index (χ1v) is 9.00. The minimum Gasteiger partial charge on any atom is -0.334 e. The zero-order valence-electron chi connectivity index (χ0n) is 12.4. The summed E-state index contributed by atoms with van der Waals surface area (Å²) in [6, 6.07) is 0. The first-order valence-electron chi connectivity index (χ1n) is 7.78. The normalized spacial score (nSPS) is 23.8. The van der Waals surface area contributed by atoms with Gasteiger partial charge >= 0.3 is 0 Å². The molecule has 0 aromatic heterocycles. The van der Waals surface area contributed by atoms with Gasteiger partial charge in [0.05, 0.1) is 0 Å². The number of piperidine rings is 2. The third kappa shape index (κ3) is 4.38. The number of carbonyl (C=O) groups excluding carboxylic acids is 1. The number of thioether (sulfide) groups is 1. The van der Waals surface area contributed by atoms with Gasteiger partial charge in [-0.15, -0.1) is 0 Å². The van der Waals surface area contributed by atoms with Crippen LogP contribution in [0.4, 0.5) is 4.79 Å². The molecule has 0 unspecified atom stereocenters. The van der Waals surface area contributed by atoms with Crippen molar-refractivity contribution in [2.75, 3.05) is 39.0 Å². The Morgan fingerprint density at radius 1 is 1.05 bits per heavy atom. The highest BCUT2D eigenvalue weighted by Gasteiger charge is 2.25. The number of amides is 1. The highest BCUT2D eigenvalue weighted by atomic mass is 32.2. The lowest BCUT2D eigenvalue weighted by atomic mass is 9.92. The van der Waals surface area contributed by atoms with Gasteiger partial charge in [-0.3, -0.25) is 4.79 Å². The van der Waals surface area contributed by atoms with Gasteiger partial charge < -0.3 is 9.80 Å². The molecule has 2 saturated heterocycles. The van der Waals surface area contributed by atoms with Gasteiger partial charge in [0.25, 0.3) is 5.24 Å². The molecule has 1 amide bonds. The molecule has 0 aliphatic carbocycles. The lowest BCUT2D eigenvalue weighted by Crippen LogP contribution is -2.42. The van der Waals surface area contributed by atoms with E-state index in [2.05, 4.69) is 11.8 Å². The zero-order valence-corrected chi connectivity index (χ0v) is 13.3. The maximum absolute atomic E-state index is 11.6. The van der Waals surface area contributed by atoms with Crippen LogP contribution < -0.4 is 0 Å². The maximum atomic E-state index is 11.6. The number of nitrogens with zero attached hydrogens (tertiary/aromatic N) is 2. The molecule has 2 rings (SSSR count). The topological polar surface area (TPSA) is 23.6 Å². The second-order valence-corrected chi connectivity index (χ2v) is 6.81. The van der Waals surface area contributed by atoms with Crippen LogP contribution in [0.25, 0.3) is 0 Å². The second kappa shape index (κ2) is 7.53. The maximum Gasteiger partial charge on any atom is 0.281 e. The van der Waals surface area contributed by atoms with Crippen molar-refractivity contribution in [3.8, 4) is 0 Å². The Hall–Kier alpha value is -0.220. The van der Waals surface area contributed by atoms with Crippen molar-refractivity contribution in [3.63, 3.8) is 0 Å². The molecule has 2 fully saturated rings. The van der Waals surface area contributed by atoms with Crippen molar-refractivity contribution >= 4 is 17.0 Å². The van der Waals surface area contributed by atoms with Gasteiger partial charge in [0.2, 0.25) is 0 Å². The molecule has 2 aliphatic rings. The highest BCUT2D eigenvalue weighted by Crippen LogP contribution is 2.24. The number of hydrogen-bond acceptors (Lipinski definition) is 3. The SMILES string of the molecule is CCC1CCN(CC2CCN(C(=O)SC)CC2)CC1. The summed E-state index contributed by atoms with van der Waals surface area (Å²) < 4.78 is 0. The Labute approximate surface area is 122 Å². The molecule has 0 radical (unpaired) electrons. The lowest BCUT2D eigenvalue weighted by molar-refractivity contribution is 0.128. The quantitative estimate of drug-likeness (QED) is 0.794. The highest BCUT2D eigenvalue weighted by molar-refractivity contribution is 8.12. The summed E-state index contributed by atoms with van der Waals surface area (Å²) in [6.45, 7) is 8.10. The fraction of sp³-hybridized carbons (Fsp3) is 0.933. The van der Waals surface area contributed by atoms with E-state index in [9.17, 15) is 4.79 Å². The van der Waals surface area contributed by atoms with E-state index in [1.54, 1.807) is 0 Å². The molecular weight excluding hydrogens is 256 g/mol. The number of carbonyl (C=O) groups is 1. The molecule has 19 heavy (non-hydrogen) atoms. The van der Waals surface area contributed by atoms with E-state index >= 15 is 0 Å². The van der Waals surface area contributed by atoms with Crippen molar-refractivity contribution in [2.45, 2.75) is 39.0 Å². The Balaban J connectivity index is 1.67. The molecule has 4 heteroatoms. The van der Waals surface area contributed by atoms with Crippen LogP contribution in [0.1, 0.15) is 39.0 Å². The van der Waals surface area contributed by atoms with Gasteiger partial charge in [-0.25, -0.2) is 0 Å². The largest absolute Gasteiger partial charge is 0.334 e. The third-order valence-corrected chi connectivity index (χ3v) is 5.46. The van der Waals surface area contributed by atoms with E-state index < -0.39 is 0 Å². The molecule has 0 bridgehead atoms. The van der Waals surface area contributed by atoms with Crippen molar-refractivity contribution in [1.29, 1.82) is 0 Å². The number of rotatable bonds is 3. The summed E-state index contributed by atoms with van der Waals surface area (Å²) in [4.78, 5) is 16.3. The summed E-state index contributed by atoms with van der Waals surface area (Å²) in [6.07, 6.45) is 8.40. The molecule has 0 spiro atoms. The van der Waals surface area contributed by atoms with Crippen molar-refractivity contribution in [3.05, 3.63) is 0 Å². The van der Waals surface area contributed by atoms with E-state index in [-0.39, 0.29) is 5.24 Å². The molecule has 0 aromatic rings. The Kier molecular flexibility index (Phi) is 6.02. The van der Waals surface area contributed by atoms with E-state index in [4.69, 9.17) is 0 Å².